The lowest BCUT2D eigenvalue weighted by atomic mass is 10.00. The van der Waals surface area contributed by atoms with Gasteiger partial charge in [-0.2, -0.15) is 0 Å². The molecule has 0 fully saturated rings. The lowest BCUT2D eigenvalue weighted by molar-refractivity contribution is 0.212. The van der Waals surface area contributed by atoms with Crippen LogP contribution in [0.25, 0.3) is 0 Å². The van der Waals surface area contributed by atoms with Gasteiger partial charge in [0.15, 0.2) is 0 Å². The number of benzene rings is 1. The van der Waals surface area contributed by atoms with Crippen LogP contribution in [-0.2, 0) is 13.0 Å². The van der Waals surface area contributed by atoms with Gasteiger partial charge in [0, 0.05) is 26.2 Å². The highest BCUT2D eigenvalue weighted by Crippen LogP contribution is 2.18. The van der Waals surface area contributed by atoms with Crippen molar-refractivity contribution in [1.29, 1.82) is 0 Å². The highest BCUT2D eigenvalue weighted by Gasteiger charge is 2.14. The average molecular weight is 228 g/mol. The van der Waals surface area contributed by atoms with Crippen LogP contribution < -0.4 is 0 Å². The van der Waals surface area contributed by atoms with E-state index in [1.807, 2.05) is 0 Å². The zero-order valence-electron chi connectivity index (χ0n) is 8.85. The molecule has 2 nitrogen and oxygen atoms in total. The van der Waals surface area contributed by atoms with Crippen LogP contribution in [0.3, 0.4) is 0 Å². The SMILES string of the molecule is Cl.OCCCN1CCc2ccccc2C1. The molecule has 15 heavy (non-hydrogen) atoms. The number of aliphatic hydroxyl groups excluding tert-OH is 1. The van der Waals surface area contributed by atoms with Crippen LogP contribution in [0.5, 0.6) is 0 Å². The molecule has 0 atom stereocenters. The number of fused-ring (bicyclic) bond motifs is 1. The highest BCUT2D eigenvalue weighted by atomic mass is 35.5. The molecular formula is C12H18ClNO. The fourth-order valence-corrected chi connectivity index (χ4v) is 2.04. The Morgan fingerprint density at radius 2 is 1.93 bits per heavy atom. The Bertz CT molecular complexity index is 303. The monoisotopic (exact) mass is 227 g/mol. The Balaban J connectivity index is 0.00000112. The summed E-state index contributed by atoms with van der Waals surface area (Å²) in [7, 11) is 0. The molecule has 0 amide bonds. The maximum absolute atomic E-state index is 8.77. The quantitative estimate of drug-likeness (QED) is 0.852. The second-order valence-electron chi connectivity index (χ2n) is 3.87. The summed E-state index contributed by atoms with van der Waals surface area (Å²) in [4.78, 5) is 2.42. The van der Waals surface area contributed by atoms with E-state index < -0.39 is 0 Å². The van der Waals surface area contributed by atoms with E-state index in [4.69, 9.17) is 5.11 Å². The van der Waals surface area contributed by atoms with Gasteiger partial charge in [-0.25, -0.2) is 0 Å². The van der Waals surface area contributed by atoms with Gasteiger partial charge in [0.25, 0.3) is 0 Å². The summed E-state index contributed by atoms with van der Waals surface area (Å²) in [5, 5.41) is 8.77. The van der Waals surface area contributed by atoms with E-state index in [1.54, 1.807) is 0 Å². The largest absolute Gasteiger partial charge is 0.396 e. The van der Waals surface area contributed by atoms with Gasteiger partial charge in [0.2, 0.25) is 0 Å². The first kappa shape index (κ1) is 12.5. The molecule has 0 aromatic heterocycles. The van der Waals surface area contributed by atoms with E-state index >= 15 is 0 Å². The molecule has 0 radical (unpaired) electrons. The van der Waals surface area contributed by atoms with Crippen molar-refractivity contribution in [3.8, 4) is 0 Å². The standard InChI is InChI=1S/C12H17NO.ClH/c14-9-3-7-13-8-6-11-4-1-2-5-12(11)10-13;/h1-2,4-5,14H,3,6-10H2;1H. The second kappa shape index (κ2) is 6.11. The first-order valence-corrected chi connectivity index (χ1v) is 5.30. The first-order chi connectivity index (χ1) is 6.90. The van der Waals surface area contributed by atoms with E-state index in [0.717, 1.165) is 32.5 Å². The minimum atomic E-state index is 0. The smallest absolute Gasteiger partial charge is 0.0443 e. The summed E-state index contributed by atoms with van der Waals surface area (Å²) < 4.78 is 0. The summed E-state index contributed by atoms with van der Waals surface area (Å²) in [6, 6.07) is 8.65. The molecule has 1 aromatic carbocycles. The van der Waals surface area contributed by atoms with Gasteiger partial charge in [-0.05, 0) is 24.0 Å². The highest BCUT2D eigenvalue weighted by molar-refractivity contribution is 5.85. The summed E-state index contributed by atoms with van der Waals surface area (Å²) in [5.41, 5.74) is 2.95. The number of rotatable bonds is 3. The van der Waals surface area contributed by atoms with Gasteiger partial charge in [-0.1, -0.05) is 24.3 Å². The van der Waals surface area contributed by atoms with Gasteiger partial charge in [-0.3, -0.25) is 4.90 Å². The lowest BCUT2D eigenvalue weighted by Gasteiger charge is -2.28. The molecule has 1 aromatic rings. The van der Waals surface area contributed by atoms with E-state index in [-0.39, 0.29) is 12.4 Å². The average Bonchev–Trinajstić information content (AvgIpc) is 2.26. The third-order valence-corrected chi connectivity index (χ3v) is 2.84. The molecule has 1 aliphatic heterocycles. The van der Waals surface area contributed by atoms with Crippen LogP contribution in [-0.4, -0.2) is 29.7 Å². The molecule has 2 rings (SSSR count). The van der Waals surface area contributed by atoms with Crippen molar-refractivity contribution in [1.82, 2.24) is 4.90 Å². The molecule has 0 spiro atoms. The maximum Gasteiger partial charge on any atom is 0.0443 e. The zero-order valence-corrected chi connectivity index (χ0v) is 9.67. The summed E-state index contributed by atoms with van der Waals surface area (Å²) in [6.45, 7) is 3.51. The Morgan fingerprint density at radius 3 is 2.67 bits per heavy atom. The van der Waals surface area contributed by atoms with Crippen molar-refractivity contribution in [2.45, 2.75) is 19.4 Å². The van der Waals surface area contributed by atoms with Crippen molar-refractivity contribution >= 4 is 12.4 Å². The fourth-order valence-electron chi connectivity index (χ4n) is 2.04. The number of aliphatic hydroxyl groups is 1. The lowest BCUT2D eigenvalue weighted by Crippen LogP contribution is -2.31. The third kappa shape index (κ3) is 3.20. The molecule has 1 heterocycles. The van der Waals surface area contributed by atoms with E-state index in [0.29, 0.717) is 6.61 Å². The van der Waals surface area contributed by atoms with Crippen molar-refractivity contribution in [2.75, 3.05) is 19.7 Å². The van der Waals surface area contributed by atoms with Crippen molar-refractivity contribution in [3.05, 3.63) is 35.4 Å². The zero-order chi connectivity index (χ0) is 9.80. The predicted molar refractivity (Wildman–Crippen MR) is 64.4 cm³/mol. The Kier molecular flexibility index (Phi) is 5.09. The second-order valence-corrected chi connectivity index (χ2v) is 3.87. The molecule has 3 heteroatoms. The van der Waals surface area contributed by atoms with Gasteiger partial charge >= 0.3 is 0 Å². The van der Waals surface area contributed by atoms with Crippen LogP contribution >= 0.6 is 12.4 Å². The molecule has 0 saturated heterocycles. The topological polar surface area (TPSA) is 23.5 Å². The number of hydrogen-bond donors (Lipinski definition) is 1. The van der Waals surface area contributed by atoms with Crippen LogP contribution in [0.2, 0.25) is 0 Å². The van der Waals surface area contributed by atoms with Crippen LogP contribution in [0.4, 0.5) is 0 Å². The molecule has 84 valence electrons. The van der Waals surface area contributed by atoms with Crippen LogP contribution in [0, 0.1) is 0 Å². The summed E-state index contributed by atoms with van der Waals surface area (Å²) in [5.74, 6) is 0. The minimum Gasteiger partial charge on any atom is -0.396 e. The van der Waals surface area contributed by atoms with Gasteiger partial charge in [0.05, 0.1) is 0 Å². The van der Waals surface area contributed by atoms with Crippen LogP contribution in [0.1, 0.15) is 17.5 Å². The molecule has 1 N–H and O–H groups in total. The molecule has 1 aliphatic rings. The van der Waals surface area contributed by atoms with Gasteiger partial charge < -0.3 is 5.11 Å². The Morgan fingerprint density at radius 1 is 1.20 bits per heavy atom. The predicted octanol–water partition coefficient (Wildman–Crippen LogP) is 1.85. The number of hydrogen-bond acceptors (Lipinski definition) is 2. The molecule has 0 bridgehead atoms. The van der Waals surface area contributed by atoms with E-state index in [9.17, 15) is 0 Å². The summed E-state index contributed by atoms with van der Waals surface area (Å²) >= 11 is 0. The van der Waals surface area contributed by atoms with E-state index in [1.165, 1.54) is 11.1 Å². The number of halogens is 1. The Labute approximate surface area is 97.3 Å². The normalized spacial score (nSPS) is 15.5. The third-order valence-electron chi connectivity index (χ3n) is 2.84. The fraction of sp³-hybridized carbons (Fsp3) is 0.500. The van der Waals surface area contributed by atoms with E-state index in [2.05, 4.69) is 29.2 Å². The molecule has 0 aliphatic carbocycles. The van der Waals surface area contributed by atoms with Gasteiger partial charge in [0.1, 0.15) is 0 Å². The maximum atomic E-state index is 8.77. The minimum absolute atomic E-state index is 0. The van der Waals surface area contributed by atoms with Crippen molar-refractivity contribution < 1.29 is 5.11 Å². The first-order valence-electron chi connectivity index (χ1n) is 5.30. The molecule has 0 unspecified atom stereocenters. The van der Waals surface area contributed by atoms with Crippen molar-refractivity contribution in [3.63, 3.8) is 0 Å². The van der Waals surface area contributed by atoms with Gasteiger partial charge in [-0.15, -0.1) is 12.4 Å². The molecular weight excluding hydrogens is 210 g/mol. The summed E-state index contributed by atoms with van der Waals surface area (Å²) in [6.07, 6.45) is 2.05. The molecule has 0 saturated carbocycles. The van der Waals surface area contributed by atoms with Crippen molar-refractivity contribution in [2.24, 2.45) is 0 Å². The van der Waals surface area contributed by atoms with Crippen LogP contribution in [0.15, 0.2) is 24.3 Å². The number of nitrogens with zero attached hydrogens (tertiary/aromatic N) is 1. The Hall–Kier alpha value is -0.570.